The van der Waals surface area contributed by atoms with E-state index in [0.29, 0.717) is 12.3 Å². The molecule has 0 saturated carbocycles. The van der Waals surface area contributed by atoms with E-state index in [1.807, 2.05) is 0 Å². The van der Waals surface area contributed by atoms with Gasteiger partial charge >= 0.3 is 5.69 Å². The highest BCUT2D eigenvalue weighted by molar-refractivity contribution is 5.82. The number of aromatic amines is 1. The second-order valence-corrected chi connectivity index (χ2v) is 3.96. The van der Waals surface area contributed by atoms with Crippen molar-refractivity contribution in [2.75, 3.05) is 5.32 Å². The Morgan fingerprint density at radius 2 is 2.42 bits per heavy atom. The van der Waals surface area contributed by atoms with Crippen molar-refractivity contribution >= 4 is 11.6 Å². The van der Waals surface area contributed by atoms with Crippen LogP contribution >= 0.6 is 0 Å². The van der Waals surface area contributed by atoms with Crippen molar-refractivity contribution < 1.29 is 14.3 Å². The molecule has 0 aliphatic rings. The van der Waals surface area contributed by atoms with Gasteiger partial charge in [0.1, 0.15) is 17.7 Å². The van der Waals surface area contributed by atoms with Crippen LogP contribution in [-0.2, 0) is 11.3 Å². The van der Waals surface area contributed by atoms with E-state index >= 15 is 0 Å². The molecule has 0 aromatic carbocycles. The third-order valence-corrected chi connectivity index (χ3v) is 2.53. The highest BCUT2D eigenvalue weighted by Crippen LogP contribution is 2.20. The fourth-order valence-electron chi connectivity index (χ4n) is 1.56. The van der Waals surface area contributed by atoms with E-state index in [4.69, 9.17) is 4.42 Å². The van der Waals surface area contributed by atoms with Gasteiger partial charge in [0.15, 0.2) is 5.78 Å². The molecule has 0 radical (unpaired) electrons. The lowest BCUT2D eigenvalue weighted by Gasteiger charge is -2.12. The van der Waals surface area contributed by atoms with Crippen molar-refractivity contribution in [1.82, 2.24) is 9.97 Å². The standard InChI is InChI=1S/C12H13N3O4/c1-7(16)10(17)9-6-14-12(18)15-11(9)13-5-8-3-2-4-19-8/h2-4,6,10,17H,5H2,1H3,(H2,13,14,15,18). The predicted octanol–water partition coefficient (Wildman–Crippen LogP) is 0.597. The summed E-state index contributed by atoms with van der Waals surface area (Å²) in [5, 5.41) is 12.6. The molecule has 2 rings (SSSR count). The zero-order valence-corrected chi connectivity index (χ0v) is 10.2. The van der Waals surface area contributed by atoms with Gasteiger partial charge in [-0.15, -0.1) is 0 Å². The summed E-state index contributed by atoms with van der Waals surface area (Å²) in [7, 11) is 0. The molecule has 7 heteroatoms. The fourth-order valence-corrected chi connectivity index (χ4v) is 1.56. The van der Waals surface area contributed by atoms with Gasteiger partial charge in [0.25, 0.3) is 0 Å². The molecule has 2 aromatic heterocycles. The lowest BCUT2D eigenvalue weighted by molar-refractivity contribution is -0.125. The van der Waals surface area contributed by atoms with E-state index in [9.17, 15) is 14.7 Å². The third-order valence-electron chi connectivity index (χ3n) is 2.53. The van der Waals surface area contributed by atoms with Crippen molar-refractivity contribution in [3.63, 3.8) is 0 Å². The summed E-state index contributed by atoms with van der Waals surface area (Å²) in [6, 6.07) is 3.48. The number of carbonyl (C=O) groups excluding carboxylic acids is 1. The molecule has 0 spiro atoms. The Balaban J connectivity index is 2.24. The van der Waals surface area contributed by atoms with Gasteiger partial charge in [-0.3, -0.25) is 4.79 Å². The smallest absolute Gasteiger partial charge is 0.346 e. The predicted molar refractivity (Wildman–Crippen MR) is 66.5 cm³/mol. The van der Waals surface area contributed by atoms with Gasteiger partial charge in [-0.25, -0.2) is 4.79 Å². The topological polar surface area (TPSA) is 108 Å². The van der Waals surface area contributed by atoms with Gasteiger partial charge in [-0.2, -0.15) is 4.98 Å². The first-order valence-electron chi connectivity index (χ1n) is 5.62. The SMILES string of the molecule is CC(=O)C(O)c1c[nH]c(=O)nc1NCc1ccco1. The van der Waals surface area contributed by atoms with Crippen LogP contribution in [0.5, 0.6) is 0 Å². The van der Waals surface area contributed by atoms with Crippen molar-refractivity contribution in [2.45, 2.75) is 19.6 Å². The zero-order valence-electron chi connectivity index (χ0n) is 10.2. The van der Waals surface area contributed by atoms with Crippen molar-refractivity contribution in [1.29, 1.82) is 0 Å². The first kappa shape index (κ1) is 13.0. The minimum atomic E-state index is -1.33. The number of aliphatic hydroxyl groups is 1. The quantitative estimate of drug-likeness (QED) is 0.728. The van der Waals surface area contributed by atoms with E-state index in [2.05, 4.69) is 15.3 Å². The summed E-state index contributed by atoms with van der Waals surface area (Å²) >= 11 is 0. The monoisotopic (exact) mass is 263 g/mol. The van der Waals surface area contributed by atoms with E-state index in [-0.39, 0.29) is 11.4 Å². The molecule has 2 heterocycles. The number of nitrogens with one attached hydrogen (secondary N) is 2. The summed E-state index contributed by atoms with van der Waals surface area (Å²) in [5.41, 5.74) is -0.347. The Morgan fingerprint density at radius 1 is 1.63 bits per heavy atom. The van der Waals surface area contributed by atoms with Crippen LogP contribution in [0.1, 0.15) is 24.4 Å². The summed E-state index contributed by atoms with van der Waals surface area (Å²) in [6.45, 7) is 1.55. The maximum Gasteiger partial charge on any atom is 0.346 e. The Bertz CT molecular complexity index is 618. The van der Waals surface area contributed by atoms with Crippen LogP contribution in [0, 0.1) is 0 Å². The number of ketones is 1. The van der Waals surface area contributed by atoms with Crippen molar-refractivity contribution in [3.8, 4) is 0 Å². The first-order chi connectivity index (χ1) is 9.08. The van der Waals surface area contributed by atoms with Gasteiger partial charge < -0.3 is 19.8 Å². The molecule has 3 N–H and O–H groups in total. The average Bonchev–Trinajstić information content (AvgIpc) is 2.88. The van der Waals surface area contributed by atoms with E-state index in [0.717, 1.165) is 0 Å². The Labute approximate surface area is 108 Å². The number of aliphatic hydroxyl groups excluding tert-OH is 1. The molecule has 100 valence electrons. The lowest BCUT2D eigenvalue weighted by atomic mass is 10.1. The van der Waals surface area contributed by atoms with E-state index in [1.54, 1.807) is 12.1 Å². The number of hydrogen-bond donors (Lipinski definition) is 3. The summed E-state index contributed by atoms with van der Waals surface area (Å²) in [5.74, 6) is 0.364. The number of anilines is 1. The largest absolute Gasteiger partial charge is 0.467 e. The van der Waals surface area contributed by atoms with Crippen molar-refractivity contribution in [3.05, 3.63) is 46.4 Å². The first-order valence-corrected chi connectivity index (χ1v) is 5.62. The van der Waals surface area contributed by atoms with Crippen LogP contribution in [0.3, 0.4) is 0 Å². The van der Waals surface area contributed by atoms with Crippen LogP contribution in [-0.4, -0.2) is 20.9 Å². The zero-order chi connectivity index (χ0) is 13.8. The number of carbonyl (C=O) groups is 1. The minimum Gasteiger partial charge on any atom is -0.467 e. The molecule has 19 heavy (non-hydrogen) atoms. The molecule has 0 aliphatic carbocycles. The normalized spacial score (nSPS) is 12.1. The Kier molecular flexibility index (Phi) is 3.76. The van der Waals surface area contributed by atoms with Gasteiger partial charge in [-0.1, -0.05) is 0 Å². The number of furan rings is 1. The van der Waals surface area contributed by atoms with Crippen LogP contribution < -0.4 is 11.0 Å². The molecule has 0 amide bonds. The molecule has 7 nitrogen and oxygen atoms in total. The van der Waals surface area contributed by atoms with Gasteiger partial charge in [0, 0.05) is 11.8 Å². The molecular weight excluding hydrogens is 250 g/mol. The summed E-state index contributed by atoms with van der Waals surface area (Å²) in [6.07, 6.45) is 1.46. The molecule has 0 aliphatic heterocycles. The maximum atomic E-state index is 11.2. The number of H-pyrrole nitrogens is 1. The second-order valence-electron chi connectivity index (χ2n) is 3.96. The molecule has 1 unspecified atom stereocenters. The highest BCUT2D eigenvalue weighted by Gasteiger charge is 2.18. The molecule has 2 aromatic rings. The molecule has 0 saturated heterocycles. The third kappa shape index (κ3) is 3.08. The van der Waals surface area contributed by atoms with Crippen LogP contribution in [0.15, 0.2) is 33.8 Å². The molecule has 0 fully saturated rings. The summed E-state index contributed by atoms with van der Waals surface area (Å²) < 4.78 is 5.13. The number of nitrogens with zero attached hydrogens (tertiary/aromatic N) is 1. The lowest BCUT2D eigenvalue weighted by Crippen LogP contribution is -2.19. The molecule has 1 atom stereocenters. The van der Waals surface area contributed by atoms with Crippen LogP contribution in [0.4, 0.5) is 5.82 Å². The fraction of sp³-hybridized carbons (Fsp3) is 0.250. The second kappa shape index (κ2) is 5.49. The number of rotatable bonds is 5. The molecule has 0 bridgehead atoms. The highest BCUT2D eigenvalue weighted by atomic mass is 16.3. The number of Topliss-reactive ketones (excluding diaryl/α,β-unsaturated/α-hetero) is 1. The van der Waals surface area contributed by atoms with Gasteiger partial charge in [0.05, 0.1) is 12.8 Å². The molecular formula is C12H13N3O4. The van der Waals surface area contributed by atoms with E-state index < -0.39 is 17.6 Å². The van der Waals surface area contributed by atoms with Gasteiger partial charge in [0.2, 0.25) is 0 Å². The Hall–Kier alpha value is -2.41. The maximum absolute atomic E-state index is 11.2. The minimum absolute atomic E-state index is 0.155. The van der Waals surface area contributed by atoms with Crippen molar-refractivity contribution in [2.24, 2.45) is 0 Å². The van der Waals surface area contributed by atoms with Crippen LogP contribution in [0.25, 0.3) is 0 Å². The average molecular weight is 263 g/mol. The number of hydrogen-bond acceptors (Lipinski definition) is 6. The van der Waals surface area contributed by atoms with Gasteiger partial charge in [-0.05, 0) is 19.1 Å². The Morgan fingerprint density at radius 3 is 3.05 bits per heavy atom. The number of aromatic nitrogens is 2. The van der Waals surface area contributed by atoms with Crippen LogP contribution in [0.2, 0.25) is 0 Å². The summed E-state index contributed by atoms with van der Waals surface area (Å²) in [4.78, 5) is 28.4. The van der Waals surface area contributed by atoms with E-state index in [1.165, 1.54) is 19.4 Å².